The minimum Gasteiger partial charge on any atom is -0.461 e. The summed E-state index contributed by atoms with van der Waals surface area (Å²) < 4.78 is 4.73. The van der Waals surface area contributed by atoms with Crippen LogP contribution in [0.1, 0.15) is 23.8 Å². The summed E-state index contributed by atoms with van der Waals surface area (Å²) >= 11 is 0. The number of nitrogens with zero attached hydrogens (tertiary/aromatic N) is 1. The minimum absolute atomic E-state index is 0.0356. The predicted molar refractivity (Wildman–Crippen MR) is 39.3 cm³/mol. The molecule has 0 fully saturated rings. The first kappa shape index (κ1) is 8.58. The van der Waals surface area contributed by atoms with Gasteiger partial charge in [-0.25, -0.2) is 9.89 Å². The van der Waals surface area contributed by atoms with Gasteiger partial charge in [0.25, 0.3) is 5.88 Å². The first-order valence-corrected chi connectivity index (χ1v) is 3.63. The molecule has 0 saturated heterocycles. The van der Waals surface area contributed by atoms with E-state index in [2.05, 4.69) is 10.2 Å². The van der Waals surface area contributed by atoms with Gasteiger partial charge in [0, 0.05) is 6.07 Å². The second-order valence-corrected chi connectivity index (χ2v) is 2.25. The van der Waals surface area contributed by atoms with Gasteiger partial charge in [0.05, 0.1) is 6.61 Å². The third-order valence-electron chi connectivity index (χ3n) is 1.20. The fraction of sp³-hybridized carbons (Fsp3) is 0.429. The number of carbonyl (C=O) groups is 1. The zero-order valence-corrected chi connectivity index (χ0v) is 6.66. The van der Waals surface area contributed by atoms with Crippen LogP contribution in [0.4, 0.5) is 0 Å². The molecule has 0 atom stereocenters. The molecule has 0 aliphatic carbocycles. The third-order valence-corrected chi connectivity index (χ3v) is 1.20. The lowest BCUT2D eigenvalue weighted by Crippen LogP contribution is -2.05. The molecule has 12 heavy (non-hydrogen) atoms. The summed E-state index contributed by atoms with van der Waals surface area (Å²) in [4.78, 5) is 11.0. The average Bonchev–Trinajstić information content (AvgIpc) is 2.47. The largest absolute Gasteiger partial charge is 0.461 e. The molecular formula is C7H9N2O3. The molecule has 1 heterocycles. The number of carbonyl (C=O) groups excluding carboxylic acids is 1. The second kappa shape index (κ2) is 3.75. The van der Waals surface area contributed by atoms with Gasteiger partial charge in [-0.2, -0.15) is 5.10 Å². The lowest BCUT2D eigenvalue weighted by Gasteiger charge is -1.97. The quantitative estimate of drug-likeness (QED) is 0.689. The molecule has 1 aromatic rings. The summed E-state index contributed by atoms with van der Waals surface area (Å²) in [7, 11) is 0. The van der Waals surface area contributed by atoms with Gasteiger partial charge in [-0.15, -0.1) is 0 Å². The summed E-state index contributed by atoms with van der Waals surface area (Å²) in [5.41, 5.74) is 0.0356. The molecule has 0 amide bonds. The van der Waals surface area contributed by atoms with E-state index in [-0.39, 0.29) is 5.69 Å². The first-order valence-electron chi connectivity index (χ1n) is 3.63. The number of aromatic nitrogens is 2. The molecule has 0 bridgehead atoms. The van der Waals surface area contributed by atoms with Crippen LogP contribution >= 0.6 is 0 Å². The molecule has 1 rings (SSSR count). The molecule has 0 saturated carbocycles. The highest BCUT2D eigenvalue weighted by molar-refractivity contribution is 5.87. The smallest absolute Gasteiger partial charge is 0.358 e. The van der Waals surface area contributed by atoms with E-state index in [1.807, 2.05) is 6.92 Å². The number of H-pyrrole nitrogens is 1. The van der Waals surface area contributed by atoms with Crippen molar-refractivity contribution in [3.63, 3.8) is 0 Å². The van der Waals surface area contributed by atoms with Gasteiger partial charge < -0.3 is 4.74 Å². The van der Waals surface area contributed by atoms with Crippen molar-refractivity contribution in [2.45, 2.75) is 13.3 Å². The number of aromatic amines is 1. The Morgan fingerprint density at radius 3 is 3.00 bits per heavy atom. The first-order chi connectivity index (χ1) is 5.74. The van der Waals surface area contributed by atoms with Crippen LogP contribution in [0.25, 0.3) is 0 Å². The van der Waals surface area contributed by atoms with E-state index in [1.165, 1.54) is 0 Å². The summed E-state index contributed by atoms with van der Waals surface area (Å²) in [5, 5.41) is 16.1. The molecule has 1 aromatic heterocycles. The normalized spacial score (nSPS) is 9.75. The summed E-state index contributed by atoms with van der Waals surface area (Å²) in [5.74, 6) is -0.950. The van der Waals surface area contributed by atoms with E-state index in [0.717, 1.165) is 12.5 Å². The zero-order valence-electron chi connectivity index (χ0n) is 6.66. The van der Waals surface area contributed by atoms with Gasteiger partial charge in [-0.3, -0.25) is 5.11 Å². The molecule has 1 radical (unpaired) electrons. The molecule has 0 unspecified atom stereocenters. The van der Waals surface area contributed by atoms with Crippen molar-refractivity contribution in [3.8, 4) is 5.88 Å². The highest BCUT2D eigenvalue weighted by atomic mass is 16.5. The molecule has 1 N–H and O–H groups in total. The van der Waals surface area contributed by atoms with Crippen LogP contribution in [0.15, 0.2) is 6.07 Å². The monoisotopic (exact) mass is 169 g/mol. The second-order valence-electron chi connectivity index (χ2n) is 2.25. The predicted octanol–water partition coefficient (Wildman–Crippen LogP) is 1.12. The van der Waals surface area contributed by atoms with Crippen LogP contribution in [0, 0.1) is 0 Å². The lowest BCUT2D eigenvalue weighted by molar-refractivity contribution is 0.0498. The van der Waals surface area contributed by atoms with Crippen molar-refractivity contribution in [2.24, 2.45) is 0 Å². The number of esters is 1. The summed E-state index contributed by atoms with van der Waals surface area (Å²) in [6.45, 7) is 2.23. The number of hydrogen-bond acceptors (Lipinski definition) is 3. The summed E-state index contributed by atoms with van der Waals surface area (Å²) in [6, 6.07) is 1.11. The van der Waals surface area contributed by atoms with Gasteiger partial charge in [0.15, 0.2) is 5.69 Å². The maximum Gasteiger partial charge on any atom is 0.358 e. The molecule has 5 heteroatoms. The van der Waals surface area contributed by atoms with Gasteiger partial charge in [-0.05, 0) is 6.42 Å². The van der Waals surface area contributed by atoms with E-state index >= 15 is 0 Å². The van der Waals surface area contributed by atoms with E-state index in [4.69, 9.17) is 4.74 Å². The maximum absolute atomic E-state index is 11.0. The topological polar surface area (TPSA) is 74.9 Å². The molecule has 5 nitrogen and oxygen atoms in total. The number of hydrogen-bond donors (Lipinski definition) is 1. The van der Waals surface area contributed by atoms with Gasteiger partial charge >= 0.3 is 5.97 Å². The number of ether oxygens (including phenoxy) is 1. The van der Waals surface area contributed by atoms with E-state index in [0.29, 0.717) is 6.61 Å². The Hall–Kier alpha value is -1.52. The Morgan fingerprint density at radius 1 is 1.75 bits per heavy atom. The van der Waals surface area contributed by atoms with Crippen molar-refractivity contribution < 1.29 is 14.6 Å². The molecule has 65 valence electrons. The van der Waals surface area contributed by atoms with Crippen molar-refractivity contribution >= 4 is 5.97 Å². The van der Waals surface area contributed by atoms with Crippen molar-refractivity contribution in [3.05, 3.63) is 11.8 Å². The third kappa shape index (κ3) is 1.98. The van der Waals surface area contributed by atoms with Crippen molar-refractivity contribution in [1.29, 1.82) is 0 Å². The van der Waals surface area contributed by atoms with Gasteiger partial charge in [0.1, 0.15) is 0 Å². The van der Waals surface area contributed by atoms with E-state index in [9.17, 15) is 9.90 Å². The summed E-state index contributed by atoms with van der Waals surface area (Å²) in [6.07, 6.45) is 0.750. The van der Waals surface area contributed by atoms with Crippen molar-refractivity contribution in [2.75, 3.05) is 6.61 Å². The Morgan fingerprint density at radius 2 is 2.50 bits per heavy atom. The number of nitrogens with one attached hydrogen (secondary N) is 1. The van der Waals surface area contributed by atoms with E-state index < -0.39 is 11.8 Å². The molecular weight excluding hydrogens is 160 g/mol. The van der Waals surface area contributed by atoms with Crippen LogP contribution in [-0.4, -0.2) is 22.8 Å². The Labute approximate surface area is 69.4 Å². The molecule has 0 aliphatic rings. The Kier molecular flexibility index (Phi) is 2.68. The van der Waals surface area contributed by atoms with Crippen LogP contribution < -0.4 is 0 Å². The van der Waals surface area contributed by atoms with Crippen LogP contribution in [0.2, 0.25) is 0 Å². The van der Waals surface area contributed by atoms with Crippen LogP contribution in [0.5, 0.6) is 5.88 Å². The fourth-order valence-corrected chi connectivity index (χ4v) is 0.677. The molecule has 0 aromatic carbocycles. The van der Waals surface area contributed by atoms with E-state index in [1.54, 1.807) is 0 Å². The van der Waals surface area contributed by atoms with Gasteiger partial charge in [0.2, 0.25) is 0 Å². The SMILES string of the molecule is CCCOC(=O)c1cc([O])[nH]n1. The Bertz CT molecular complexity index is 269. The zero-order chi connectivity index (χ0) is 8.97. The fourth-order valence-electron chi connectivity index (χ4n) is 0.677. The minimum atomic E-state index is -0.560. The highest BCUT2D eigenvalue weighted by Crippen LogP contribution is 2.06. The highest BCUT2D eigenvalue weighted by Gasteiger charge is 2.11. The number of rotatable bonds is 3. The van der Waals surface area contributed by atoms with Crippen molar-refractivity contribution in [1.82, 2.24) is 10.2 Å². The Balaban J connectivity index is 2.53. The van der Waals surface area contributed by atoms with Crippen LogP contribution in [-0.2, 0) is 9.84 Å². The van der Waals surface area contributed by atoms with Crippen LogP contribution in [0.3, 0.4) is 0 Å². The molecule has 0 aliphatic heterocycles. The maximum atomic E-state index is 11.0. The van der Waals surface area contributed by atoms with Gasteiger partial charge in [-0.1, -0.05) is 6.92 Å². The molecule has 0 spiro atoms. The average molecular weight is 169 g/mol. The standard InChI is InChI=1S/C7H9N2O3/c1-2-3-12-7(11)5-4-6(10)9-8-5/h4H,2-3H2,1H3,(H,8,9). The lowest BCUT2D eigenvalue weighted by atomic mass is 10.4.